The third kappa shape index (κ3) is 5.71. The Hall–Kier alpha value is -3.19. The molecule has 0 spiro atoms. The topological polar surface area (TPSA) is 76.7 Å². The van der Waals surface area contributed by atoms with Crippen LogP contribution in [-0.2, 0) is 9.53 Å². The third-order valence-electron chi connectivity index (χ3n) is 3.34. The molecule has 2 N–H and O–H groups in total. The molecular formula is C19H18N2O4S. The van der Waals surface area contributed by atoms with Crippen molar-refractivity contribution >= 4 is 41.0 Å². The lowest BCUT2D eigenvalue weighted by atomic mass is 10.2. The summed E-state index contributed by atoms with van der Waals surface area (Å²) in [5.41, 5.74) is 1.93. The lowest BCUT2D eigenvalue weighted by Crippen LogP contribution is -2.32. The fourth-order valence-electron chi connectivity index (χ4n) is 2.01. The number of rotatable bonds is 5. The second-order valence-corrected chi connectivity index (χ2v) is 5.53. The van der Waals surface area contributed by atoms with Crippen LogP contribution in [0.5, 0.6) is 5.75 Å². The van der Waals surface area contributed by atoms with Crippen molar-refractivity contribution in [3.05, 3.63) is 65.7 Å². The monoisotopic (exact) mass is 370 g/mol. The number of amides is 1. The molecule has 2 aromatic carbocycles. The minimum absolute atomic E-state index is 0.153. The molecule has 0 atom stereocenters. The van der Waals surface area contributed by atoms with E-state index in [2.05, 4.69) is 15.4 Å². The van der Waals surface area contributed by atoms with Gasteiger partial charge in [0.2, 0.25) is 5.91 Å². The summed E-state index contributed by atoms with van der Waals surface area (Å²) >= 11 is 5.10. The molecule has 0 aliphatic heterocycles. The van der Waals surface area contributed by atoms with Gasteiger partial charge in [0.1, 0.15) is 5.75 Å². The van der Waals surface area contributed by atoms with E-state index in [4.69, 9.17) is 17.0 Å². The van der Waals surface area contributed by atoms with Gasteiger partial charge in [0, 0.05) is 11.8 Å². The number of anilines is 1. The average molecular weight is 370 g/mol. The normalized spacial score (nSPS) is 10.2. The number of benzene rings is 2. The molecule has 6 nitrogen and oxygen atoms in total. The van der Waals surface area contributed by atoms with Crippen LogP contribution in [0, 0.1) is 0 Å². The van der Waals surface area contributed by atoms with Gasteiger partial charge in [-0.05, 0) is 60.3 Å². The van der Waals surface area contributed by atoms with E-state index in [0.29, 0.717) is 11.3 Å². The second kappa shape index (κ2) is 9.33. The van der Waals surface area contributed by atoms with Gasteiger partial charge in [0.15, 0.2) is 5.11 Å². The zero-order valence-electron chi connectivity index (χ0n) is 14.3. The summed E-state index contributed by atoms with van der Waals surface area (Å²) < 4.78 is 9.71. The first-order valence-electron chi connectivity index (χ1n) is 7.64. The standard InChI is InChI=1S/C19H18N2O4S/c1-24-16-10-3-13(4-11-16)5-12-17(22)21-19(26)20-15-8-6-14(7-9-15)18(23)25-2/h3-12H,1-2H3,(H2,20,21,22,26). The van der Waals surface area contributed by atoms with Crippen LogP contribution in [0.25, 0.3) is 6.08 Å². The minimum atomic E-state index is -0.420. The van der Waals surface area contributed by atoms with Crippen molar-refractivity contribution in [3.63, 3.8) is 0 Å². The average Bonchev–Trinajstić information content (AvgIpc) is 2.66. The molecule has 0 fully saturated rings. The summed E-state index contributed by atoms with van der Waals surface area (Å²) in [6, 6.07) is 13.8. The highest BCUT2D eigenvalue weighted by molar-refractivity contribution is 7.80. The van der Waals surface area contributed by atoms with E-state index in [-0.39, 0.29) is 11.0 Å². The zero-order chi connectivity index (χ0) is 18.9. The van der Waals surface area contributed by atoms with Gasteiger partial charge in [-0.25, -0.2) is 4.79 Å². The predicted octanol–water partition coefficient (Wildman–Crippen LogP) is 3.01. The van der Waals surface area contributed by atoms with E-state index >= 15 is 0 Å². The Morgan fingerprint density at radius 1 is 1.00 bits per heavy atom. The Kier molecular flexibility index (Phi) is 6.87. The van der Waals surface area contributed by atoms with E-state index in [1.165, 1.54) is 13.2 Å². The van der Waals surface area contributed by atoms with Gasteiger partial charge in [-0.15, -0.1) is 0 Å². The maximum absolute atomic E-state index is 11.9. The molecule has 0 radical (unpaired) electrons. The van der Waals surface area contributed by atoms with Crippen LogP contribution in [-0.4, -0.2) is 31.2 Å². The molecule has 0 aromatic heterocycles. The third-order valence-corrected chi connectivity index (χ3v) is 3.55. The maximum atomic E-state index is 11.9. The molecule has 2 rings (SSSR count). The molecule has 134 valence electrons. The van der Waals surface area contributed by atoms with Crippen molar-refractivity contribution in [3.8, 4) is 5.75 Å². The Balaban J connectivity index is 1.87. The van der Waals surface area contributed by atoms with Crippen molar-refractivity contribution in [2.24, 2.45) is 0 Å². The van der Waals surface area contributed by atoms with Crippen molar-refractivity contribution in [2.75, 3.05) is 19.5 Å². The van der Waals surface area contributed by atoms with Crippen molar-refractivity contribution < 1.29 is 19.1 Å². The van der Waals surface area contributed by atoms with E-state index < -0.39 is 5.97 Å². The van der Waals surface area contributed by atoms with Gasteiger partial charge in [0.25, 0.3) is 0 Å². The van der Waals surface area contributed by atoms with Crippen molar-refractivity contribution in [1.82, 2.24) is 5.32 Å². The van der Waals surface area contributed by atoms with Crippen LogP contribution in [0.2, 0.25) is 0 Å². The molecule has 0 unspecified atom stereocenters. The van der Waals surface area contributed by atoms with E-state index in [0.717, 1.165) is 11.3 Å². The van der Waals surface area contributed by atoms with E-state index in [9.17, 15) is 9.59 Å². The first kappa shape index (κ1) is 19.1. The summed E-state index contributed by atoms with van der Waals surface area (Å²) in [4.78, 5) is 23.3. The highest BCUT2D eigenvalue weighted by atomic mass is 32.1. The first-order chi connectivity index (χ1) is 12.5. The number of hydrogen-bond donors (Lipinski definition) is 2. The molecule has 7 heteroatoms. The summed E-state index contributed by atoms with van der Waals surface area (Å²) in [7, 11) is 2.91. The van der Waals surface area contributed by atoms with Crippen LogP contribution in [0.15, 0.2) is 54.6 Å². The first-order valence-corrected chi connectivity index (χ1v) is 8.05. The molecule has 0 bridgehead atoms. The number of carbonyl (C=O) groups excluding carboxylic acids is 2. The molecule has 0 saturated heterocycles. The lowest BCUT2D eigenvalue weighted by Gasteiger charge is -2.08. The number of thiocarbonyl (C=S) groups is 1. The lowest BCUT2D eigenvalue weighted by molar-refractivity contribution is -0.115. The number of hydrogen-bond acceptors (Lipinski definition) is 5. The molecule has 26 heavy (non-hydrogen) atoms. The fourth-order valence-corrected chi connectivity index (χ4v) is 2.23. The van der Waals surface area contributed by atoms with Gasteiger partial charge >= 0.3 is 5.97 Å². The van der Waals surface area contributed by atoms with Gasteiger partial charge < -0.3 is 14.8 Å². The summed E-state index contributed by atoms with van der Waals surface area (Å²) in [5, 5.41) is 5.57. The Morgan fingerprint density at radius 2 is 1.65 bits per heavy atom. The molecule has 0 saturated carbocycles. The maximum Gasteiger partial charge on any atom is 0.337 e. The quantitative estimate of drug-likeness (QED) is 0.479. The number of methoxy groups -OCH3 is 2. The van der Waals surface area contributed by atoms with Gasteiger partial charge in [-0.1, -0.05) is 12.1 Å². The molecule has 2 aromatic rings. The number of ether oxygens (including phenoxy) is 2. The number of esters is 1. The van der Waals surface area contributed by atoms with Crippen LogP contribution in [0.1, 0.15) is 15.9 Å². The molecular weight excluding hydrogens is 352 g/mol. The molecule has 0 aliphatic carbocycles. The van der Waals surface area contributed by atoms with E-state index in [1.54, 1.807) is 37.5 Å². The predicted molar refractivity (Wildman–Crippen MR) is 104 cm³/mol. The van der Waals surface area contributed by atoms with Crippen molar-refractivity contribution in [1.29, 1.82) is 0 Å². The number of carbonyl (C=O) groups is 2. The Bertz CT molecular complexity index is 814. The van der Waals surface area contributed by atoms with Gasteiger partial charge in [-0.3, -0.25) is 10.1 Å². The Labute approximate surface area is 156 Å². The van der Waals surface area contributed by atoms with Crippen LogP contribution in [0.3, 0.4) is 0 Å². The summed E-state index contributed by atoms with van der Waals surface area (Å²) in [6.45, 7) is 0. The second-order valence-electron chi connectivity index (χ2n) is 5.12. The highest BCUT2D eigenvalue weighted by Crippen LogP contribution is 2.12. The van der Waals surface area contributed by atoms with Crippen molar-refractivity contribution in [2.45, 2.75) is 0 Å². The van der Waals surface area contributed by atoms with Crippen LogP contribution >= 0.6 is 12.2 Å². The SMILES string of the molecule is COC(=O)c1ccc(NC(=S)NC(=O)C=Cc2ccc(OC)cc2)cc1. The molecule has 0 heterocycles. The minimum Gasteiger partial charge on any atom is -0.497 e. The van der Waals surface area contributed by atoms with Crippen LogP contribution < -0.4 is 15.4 Å². The van der Waals surface area contributed by atoms with Gasteiger partial charge in [-0.2, -0.15) is 0 Å². The smallest absolute Gasteiger partial charge is 0.337 e. The number of nitrogens with one attached hydrogen (secondary N) is 2. The highest BCUT2D eigenvalue weighted by Gasteiger charge is 2.06. The Morgan fingerprint density at radius 3 is 2.23 bits per heavy atom. The zero-order valence-corrected chi connectivity index (χ0v) is 15.1. The molecule has 0 aliphatic rings. The molecule has 1 amide bonds. The largest absolute Gasteiger partial charge is 0.497 e. The fraction of sp³-hybridized carbons (Fsp3) is 0.105. The van der Waals surface area contributed by atoms with E-state index in [1.807, 2.05) is 24.3 Å². The van der Waals surface area contributed by atoms with Gasteiger partial charge in [0.05, 0.1) is 19.8 Å². The summed E-state index contributed by atoms with van der Waals surface area (Å²) in [6.07, 6.45) is 3.05. The van der Waals surface area contributed by atoms with Crippen LogP contribution in [0.4, 0.5) is 5.69 Å². The summed E-state index contributed by atoms with van der Waals surface area (Å²) in [5.74, 6) is -0.0317.